The lowest BCUT2D eigenvalue weighted by molar-refractivity contribution is -0.118. The summed E-state index contributed by atoms with van der Waals surface area (Å²) in [4.78, 5) is 15.0. The number of hydrogen-bond donors (Lipinski definition) is 2. The van der Waals surface area contributed by atoms with E-state index in [-0.39, 0.29) is 18.8 Å². The second-order valence-corrected chi connectivity index (χ2v) is 4.58. The molecule has 0 saturated carbocycles. The van der Waals surface area contributed by atoms with Crippen LogP contribution in [0.3, 0.4) is 0 Å². The molecule has 0 aliphatic carbocycles. The highest BCUT2D eigenvalue weighted by atomic mass is 32.1. The van der Waals surface area contributed by atoms with Gasteiger partial charge in [-0.05, 0) is 25.5 Å². The van der Waals surface area contributed by atoms with Gasteiger partial charge in [-0.25, -0.2) is 4.98 Å². The zero-order valence-corrected chi connectivity index (χ0v) is 10.1. The molecule has 0 bridgehead atoms. The molecule has 1 atom stereocenters. The Hall–Kier alpha value is -1.04. The van der Waals surface area contributed by atoms with Gasteiger partial charge >= 0.3 is 0 Å². The van der Waals surface area contributed by atoms with Gasteiger partial charge in [-0.15, -0.1) is 11.3 Å². The Morgan fingerprint density at radius 1 is 1.62 bits per heavy atom. The van der Waals surface area contributed by atoms with Gasteiger partial charge in [-0.1, -0.05) is 0 Å². The first kappa shape index (κ1) is 13.0. The van der Waals surface area contributed by atoms with Crippen LogP contribution in [0.25, 0.3) is 6.08 Å². The van der Waals surface area contributed by atoms with Crippen molar-refractivity contribution in [3.63, 3.8) is 0 Å². The minimum absolute atomic E-state index is 0.0467. The topological polar surface area (TPSA) is 70.4 Å². The summed E-state index contributed by atoms with van der Waals surface area (Å²) in [6.07, 6.45) is 1.10. The molecule has 0 aliphatic rings. The number of aliphatic hydroxyl groups excluding tert-OH is 2. The van der Waals surface area contributed by atoms with Gasteiger partial charge in [-0.3, -0.25) is 4.79 Å². The molecule has 0 spiro atoms. The molecule has 4 nitrogen and oxygen atoms in total. The van der Waals surface area contributed by atoms with E-state index in [1.807, 2.05) is 0 Å². The van der Waals surface area contributed by atoms with Crippen LogP contribution in [-0.4, -0.2) is 27.1 Å². The van der Waals surface area contributed by atoms with Crippen molar-refractivity contribution in [2.24, 2.45) is 0 Å². The van der Waals surface area contributed by atoms with Crippen LogP contribution in [-0.2, 0) is 11.4 Å². The van der Waals surface area contributed by atoms with E-state index in [0.717, 1.165) is 0 Å². The third kappa shape index (κ3) is 3.84. The summed E-state index contributed by atoms with van der Waals surface area (Å²) in [5.41, 5.74) is 1.40. The number of hydrogen-bond acceptors (Lipinski definition) is 5. The fourth-order valence-electron chi connectivity index (χ4n) is 1.23. The lowest BCUT2D eigenvalue weighted by Crippen LogP contribution is -2.12. The van der Waals surface area contributed by atoms with E-state index in [9.17, 15) is 9.90 Å². The van der Waals surface area contributed by atoms with E-state index in [0.29, 0.717) is 16.3 Å². The molecule has 0 aliphatic heterocycles. The quantitative estimate of drug-likeness (QED) is 0.817. The molecule has 16 heavy (non-hydrogen) atoms. The highest BCUT2D eigenvalue weighted by Crippen LogP contribution is 2.15. The van der Waals surface area contributed by atoms with Crippen LogP contribution in [0.4, 0.5) is 0 Å². The van der Waals surface area contributed by atoms with Crippen molar-refractivity contribution in [1.82, 2.24) is 4.98 Å². The molecule has 5 heteroatoms. The predicted octanol–water partition coefficient (Wildman–Crippen LogP) is 1.38. The molecule has 1 rings (SSSR count). The van der Waals surface area contributed by atoms with Crippen molar-refractivity contribution in [3.8, 4) is 0 Å². The van der Waals surface area contributed by atoms with Crippen molar-refractivity contribution < 1.29 is 15.0 Å². The van der Waals surface area contributed by atoms with Gasteiger partial charge < -0.3 is 10.2 Å². The molecule has 0 aromatic carbocycles. The van der Waals surface area contributed by atoms with Gasteiger partial charge in [0.2, 0.25) is 0 Å². The predicted molar refractivity (Wildman–Crippen MR) is 63.0 cm³/mol. The molecular formula is C11H15NO3S. The minimum atomic E-state index is -0.753. The normalized spacial score (nSPS) is 13.9. The molecule has 0 saturated heterocycles. The summed E-state index contributed by atoms with van der Waals surface area (Å²) in [6.45, 7) is 3.13. The van der Waals surface area contributed by atoms with Crippen LogP contribution in [0.5, 0.6) is 0 Å². The third-order valence-electron chi connectivity index (χ3n) is 2.09. The lowest BCUT2D eigenvalue weighted by Gasteiger charge is -2.08. The Labute approximate surface area is 98.3 Å². The number of carbonyl (C=O) groups is 1. The van der Waals surface area contributed by atoms with E-state index in [1.165, 1.54) is 18.3 Å². The van der Waals surface area contributed by atoms with Crippen molar-refractivity contribution in [2.75, 3.05) is 0 Å². The van der Waals surface area contributed by atoms with E-state index in [4.69, 9.17) is 5.11 Å². The number of aliphatic hydroxyl groups is 2. The monoisotopic (exact) mass is 241 g/mol. The summed E-state index contributed by atoms with van der Waals surface area (Å²) in [5, 5.41) is 20.9. The van der Waals surface area contributed by atoms with Crippen LogP contribution < -0.4 is 0 Å². The molecule has 0 amide bonds. The van der Waals surface area contributed by atoms with Gasteiger partial charge in [0.15, 0.2) is 0 Å². The van der Waals surface area contributed by atoms with Gasteiger partial charge in [0.1, 0.15) is 10.8 Å². The van der Waals surface area contributed by atoms with E-state index in [2.05, 4.69) is 4.98 Å². The molecule has 88 valence electrons. The summed E-state index contributed by atoms with van der Waals surface area (Å²) in [7, 11) is 0. The maximum atomic E-state index is 10.8. The number of Topliss-reactive ketones (excluding diaryl/α,β-unsaturated/α-hetero) is 1. The van der Waals surface area contributed by atoms with Gasteiger partial charge in [0.25, 0.3) is 0 Å². The van der Waals surface area contributed by atoms with Gasteiger partial charge in [-0.2, -0.15) is 0 Å². The van der Waals surface area contributed by atoms with Crippen LogP contribution in [0.1, 0.15) is 31.0 Å². The zero-order chi connectivity index (χ0) is 12.1. The third-order valence-corrected chi connectivity index (χ3v) is 2.94. The summed E-state index contributed by atoms with van der Waals surface area (Å²) in [6, 6.07) is 0. The fraction of sp³-hybridized carbons (Fsp3) is 0.455. The molecule has 1 aromatic heterocycles. The zero-order valence-electron chi connectivity index (χ0n) is 9.30. The average molecular weight is 241 g/mol. The fourth-order valence-corrected chi connectivity index (χ4v) is 1.84. The van der Waals surface area contributed by atoms with Crippen LogP contribution in [0.2, 0.25) is 0 Å². The van der Waals surface area contributed by atoms with E-state index >= 15 is 0 Å². The van der Waals surface area contributed by atoms with Crippen molar-refractivity contribution >= 4 is 23.2 Å². The molecule has 1 heterocycles. The molecule has 2 N–H and O–H groups in total. The largest absolute Gasteiger partial charge is 0.389 e. The van der Waals surface area contributed by atoms with E-state index in [1.54, 1.807) is 18.4 Å². The number of thiazole rings is 1. The number of rotatable bonds is 5. The Morgan fingerprint density at radius 2 is 2.31 bits per heavy atom. The average Bonchev–Trinajstić information content (AvgIpc) is 2.64. The van der Waals surface area contributed by atoms with Crippen molar-refractivity contribution in [2.45, 2.75) is 33.0 Å². The Kier molecular flexibility index (Phi) is 4.79. The summed E-state index contributed by atoms with van der Waals surface area (Å²) >= 11 is 1.36. The second kappa shape index (κ2) is 5.89. The second-order valence-electron chi connectivity index (χ2n) is 3.63. The Bertz CT molecular complexity index is 398. The van der Waals surface area contributed by atoms with E-state index < -0.39 is 6.10 Å². The minimum Gasteiger partial charge on any atom is -0.389 e. The molecule has 0 radical (unpaired) electrons. The van der Waals surface area contributed by atoms with Crippen LogP contribution in [0, 0.1) is 0 Å². The molecule has 1 unspecified atom stereocenters. The molecular weight excluding hydrogens is 226 g/mol. The first-order chi connectivity index (χ1) is 7.52. The Morgan fingerprint density at radius 3 is 2.81 bits per heavy atom. The maximum Gasteiger partial charge on any atom is 0.132 e. The first-order valence-corrected chi connectivity index (χ1v) is 5.82. The summed E-state index contributed by atoms with van der Waals surface area (Å²) in [5.74, 6) is -0.0467. The number of aromatic nitrogens is 1. The molecule has 1 aromatic rings. The first-order valence-electron chi connectivity index (χ1n) is 4.94. The van der Waals surface area contributed by atoms with Crippen molar-refractivity contribution in [1.29, 1.82) is 0 Å². The van der Waals surface area contributed by atoms with Crippen molar-refractivity contribution in [3.05, 3.63) is 21.7 Å². The number of carbonyl (C=O) groups excluding carboxylic acids is 1. The van der Waals surface area contributed by atoms with Crippen LogP contribution >= 0.6 is 11.3 Å². The van der Waals surface area contributed by atoms with Crippen LogP contribution in [0.15, 0.2) is 11.0 Å². The standard InChI is InChI=1S/C11H15NO3S/c1-7(10(15)4-8(2)14)3-9-6-16-11(5-13)12-9/h3,6,10,13,15H,4-5H2,1-2H3/b7-3+. The SMILES string of the molecule is CC(=O)CC(O)/C(C)=C/c1csc(CO)n1. The lowest BCUT2D eigenvalue weighted by atomic mass is 10.1. The summed E-state index contributed by atoms with van der Waals surface area (Å²) < 4.78 is 0. The smallest absolute Gasteiger partial charge is 0.132 e. The van der Waals surface area contributed by atoms with Gasteiger partial charge in [0, 0.05) is 11.8 Å². The van der Waals surface area contributed by atoms with Gasteiger partial charge in [0.05, 0.1) is 18.4 Å². The number of ketones is 1. The Balaban J connectivity index is 2.71. The highest BCUT2D eigenvalue weighted by molar-refractivity contribution is 7.09. The maximum absolute atomic E-state index is 10.8. The highest BCUT2D eigenvalue weighted by Gasteiger charge is 2.09. The molecule has 0 fully saturated rings. The number of nitrogens with zero attached hydrogens (tertiary/aromatic N) is 1.